The Bertz CT molecular complexity index is 157. The number of hydrogen-bond donors (Lipinski definition) is 1. The number of rotatable bonds is 7. The Balaban J connectivity index is 3.21. The zero-order valence-electron chi connectivity index (χ0n) is 8.13. The lowest BCUT2D eigenvalue weighted by Gasteiger charge is -2.05. The van der Waals surface area contributed by atoms with Crippen LogP contribution in [0.15, 0.2) is 0 Å². The second kappa shape index (κ2) is 7.58. The fourth-order valence-electron chi connectivity index (χ4n) is 0.837. The van der Waals surface area contributed by atoms with Crippen LogP contribution in [0, 0.1) is 5.92 Å². The molecule has 4 nitrogen and oxygen atoms in total. The molecule has 0 aliphatic rings. The molecule has 4 heteroatoms. The van der Waals surface area contributed by atoms with E-state index in [9.17, 15) is 9.59 Å². The van der Waals surface area contributed by atoms with Crippen molar-refractivity contribution < 1.29 is 14.3 Å². The molecule has 0 saturated heterocycles. The maximum atomic E-state index is 10.8. The van der Waals surface area contributed by atoms with Gasteiger partial charge >= 0.3 is 12.4 Å². The quantitative estimate of drug-likeness (QED) is 0.360. The molecule has 0 aliphatic heterocycles. The van der Waals surface area contributed by atoms with Crippen molar-refractivity contribution in [1.29, 1.82) is 0 Å². The summed E-state index contributed by atoms with van der Waals surface area (Å²) in [4.78, 5) is 20.5. The third-order valence-electron chi connectivity index (χ3n) is 1.49. The van der Waals surface area contributed by atoms with Gasteiger partial charge in [0, 0.05) is 0 Å². The maximum absolute atomic E-state index is 10.8. The van der Waals surface area contributed by atoms with Crippen molar-refractivity contribution >= 4 is 12.4 Å². The van der Waals surface area contributed by atoms with Gasteiger partial charge in [-0.3, -0.25) is 9.59 Å². The van der Waals surface area contributed by atoms with Crippen LogP contribution >= 0.6 is 0 Å². The van der Waals surface area contributed by atoms with Gasteiger partial charge in [0.1, 0.15) is 6.54 Å². The van der Waals surface area contributed by atoms with E-state index in [0.29, 0.717) is 12.5 Å². The summed E-state index contributed by atoms with van der Waals surface area (Å²) < 4.78 is 4.81. The van der Waals surface area contributed by atoms with E-state index in [2.05, 4.69) is 19.2 Å². The van der Waals surface area contributed by atoms with Gasteiger partial charge in [0.25, 0.3) is 0 Å². The highest BCUT2D eigenvalue weighted by Gasteiger charge is 2.01. The second-order valence-corrected chi connectivity index (χ2v) is 3.21. The van der Waals surface area contributed by atoms with E-state index in [0.717, 1.165) is 12.8 Å². The molecule has 0 saturated carbocycles. The van der Waals surface area contributed by atoms with Crippen molar-refractivity contribution in [2.24, 2.45) is 5.92 Å². The summed E-state index contributed by atoms with van der Waals surface area (Å²) in [6, 6.07) is 0. The van der Waals surface area contributed by atoms with Gasteiger partial charge in [-0.05, 0) is 18.8 Å². The molecular formula is C9H16NO3. The van der Waals surface area contributed by atoms with Crippen molar-refractivity contribution in [3.63, 3.8) is 0 Å². The summed E-state index contributed by atoms with van der Waals surface area (Å²) in [6.45, 7) is 4.57. The average Bonchev–Trinajstić information content (AvgIpc) is 2.08. The number of carbonyl (C=O) groups is 1. The smallest absolute Gasteiger partial charge is 0.325 e. The lowest BCUT2D eigenvalue weighted by molar-refractivity contribution is -0.142. The van der Waals surface area contributed by atoms with Crippen LogP contribution in [0.3, 0.4) is 0 Å². The van der Waals surface area contributed by atoms with Crippen LogP contribution in [0.4, 0.5) is 0 Å². The lowest BCUT2D eigenvalue weighted by atomic mass is 10.1. The molecule has 1 radical (unpaired) electrons. The third-order valence-corrected chi connectivity index (χ3v) is 1.49. The molecule has 0 bridgehead atoms. The largest absolute Gasteiger partial charge is 0.464 e. The van der Waals surface area contributed by atoms with Gasteiger partial charge in [0.05, 0.1) is 6.61 Å². The third kappa shape index (κ3) is 8.85. The van der Waals surface area contributed by atoms with Crippen molar-refractivity contribution in [2.45, 2.75) is 26.7 Å². The fraction of sp³-hybridized carbons (Fsp3) is 0.778. The molecule has 0 atom stereocenters. The SMILES string of the molecule is CC(C)CCCOC(=O)CN[C]=O. The van der Waals surface area contributed by atoms with Gasteiger partial charge in [-0.1, -0.05) is 13.8 Å². The number of esters is 1. The average molecular weight is 186 g/mol. The van der Waals surface area contributed by atoms with Gasteiger partial charge in [0.15, 0.2) is 0 Å². The normalized spacial score (nSPS) is 9.77. The van der Waals surface area contributed by atoms with Crippen LogP contribution in [0.1, 0.15) is 26.7 Å². The highest BCUT2D eigenvalue weighted by molar-refractivity contribution is 5.74. The molecule has 0 aromatic rings. The first-order chi connectivity index (χ1) is 6.16. The summed E-state index contributed by atoms with van der Waals surface area (Å²) in [5.74, 6) is 0.215. The summed E-state index contributed by atoms with van der Waals surface area (Å²) in [7, 11) is 0. The van der Waals surface area contributed by atoms with Crippen LogP contribution in [0.25, 0.3) is 0 Å². The van der Waals surface area contributed by atoms with Crippen molar-refractivity contribution in [3.05, 3.63) is 0 Å². The minimum atomic E-state index is -0.410. The molecule has 0 aliphatic carbocycles. The van der Waals surface area contributed by atoms with Gasteiger partial charge in [-0.15, -0.1) is 0 Å². The molecule has 0 rings (SSSR count). The van der Waals surface area contributed by atoms with Gasteiger partial charge < -0.3 is 10.1 Å². The minimum absolute atomic E-state index is 0.0921. The molecule has 1 N–H and O–H groups in total. The van der Waals surface area contributed by atoms with Gasteiger partial charge in [-0.25, -0.2) is 0 Å². The molecule has 0 fully saturated rings. The zero-order valence-corrected chi connectivity index (χ0v) is 8.13. The van der Waals surface area contributed by atoms with Crippen LogP contribution < -0.4 is 5.32 Å². The maximum Gasteiger partial charge on any atom is 0.325 e. The van der Waals surface area contributed by atoms with Crippen LogP contribution in [-0.4, -0.2) is 25.5 Å². The van der Waals surface area contributed by atoms with Crippen molar-refractivity contribution in [2.75, 3.05) is 13.2 Å². The first-order valence-electron chi connectivity index (χ1n) is 4.42. The summed E-state index contributed by atoms with van der Waals surface area (Å²) in [5, 5.41) is 2.12. The van der Waals surface area contributed by atoms with Crippen LogP contribution in [0.5, 0.6) is 0 Å². The molecule has 0 spiro atoms. The summed E-state index contributed by atoms with van der Waals surface area (Å²) >= 11 is 0. The Labute approximate surface area is 78.6 Å². The first kappa shape index (κ1) is 11.9. The molecule has 0 aromatic carbocycles. The summed E-state index contributed by atoms with van der Waals surface area (Å²) in [6.07, 6.45) is 3.32. The van der Waals surface area contributed by atoms with Crippen molar-refractivity contribution in [3.8, 4) is 0 Å². The van der Waals surface area contributed by atoms with E-state index in [4.69, 9.17) is 4.74 Å². The lowest BCUT2D eigenvalue weighted by Crippen LogP contribution is -2.23. The van der Waals surface area contributed by atoms with E-state index in [1.54, 1.807) is 0 Å². The van der Waals surface area contributed by atoms with Crippen LogP contribution in [0.2, 0.25) is 0 Å². The molecule has 0 unspecified atom stereocenters. The first-order valence-corrected chi connectivity index (χ1v) is 4.42. The van der Waals surface area contributed by atoms with Crippen molar-refractivity contribution in [1.82, 2.24) is 5.32 Å². The van der Waals surface area contributed by atoms with E-state index in [1.165, 1.54) is 6.41 Å². The molecular weight excluding hydrogens is 170 g/mol. The molecule has 1 amide bonds. The van der Waals surface area contributed by atoms with E-state index in [1.807, 2.05) is 0 Å². The Morgan fingerprint density at radius 2 is 2.23 bits per heavy atom. The number of nitrogens with one attached hydrogen (secondary N) is 1. The second-order valence-electron chi connectivity index (χ2n) is 3.21. The minimum Gasteiger partial charge on any atom is -0.464 e. The predicted octanol–water partition coefficient (Wildman–Crippen LogP) is 0.623. The molecule has 0 heterocycles. The number of ether oxygens (including phenoxy) is 1. The zero-order chi connectivity index (χ0) is 10.1. The number of amides is 1. The molecule has 0 aromatic heterocycles. The number of carbonyl (C=O) groups excluding carboxylic acids is 2. The van der Waals surface area contributed by atoms with Gasteiger partial charge in [-0.2, -0.15) is 0 Å². The van der Waals surface area contributed by atoms with E-state index >= 15 is 0 Å². The van der Waals surface area contributed by atoms with Gasteiger partial charge in [0.2, 0.25) is 0 Å². The Kier molecular flexibility index (Phi) is 6.96. The highest BCUT2D eigenvalue weighted by atomic mass is 16.5. The van der Waals surface area contributed by atoms with Crippen LogP contribution in [-0.2, 0) is 14.3 Å². The summed E-state index contributed by atoms with van der Waals surface area (Å²) in [5.41, 5.74) is 0. The monoisotopic (exact) mass is 186 g/mol. The Morgan fingerprint density at radius 3 is 2.77 bits per heavy atom. The molecule has 13 heavy (non-hydrogen) atoms. The topological polar surface area (TPSA) is 55.4 Å². The molecule has 75 valence electrons. The van der Waals surface area contributed by atoms with E-state index in [-0.39, 0.29) is 6.54 Å². The van der Waals surface area contributed by atoms with E-state index < -0.39 is 5.97 Å². The number of hydrogen-bond acceptors (Lipinski definition) is 3. The predicted molar refractivity (Wildman–Crippen MR) is 48.7 cm³/mol. The highest BCUT2D eigenvalue weighted by Crippen LogP contribution is 2.02. The Hall–Kier alpha value is -1.06. The fourth-order valence-corrected chi connectivity index (χ4v) is 0.837. The standard InChI is InChI=1S/C9H16NO3/c1-8(2)4-3-5-13-9(12)6-10-7-11/h8H,3-6H2,1-2H3,(H,10,11). The Morgan fingerprint density at radius 1 is 1.54 bits per heavy atom.